The van der Waals surface area contributed by atoms with E-state index in [2.05, 4.69) is 36.8 Å². The van der Waals surface area contributed by atoms with Crippen molar-refractivity contribution in [2.45, 2.75) is 6.61 Å². The highest BCUT2D eigenvalue weighted by atomic mass is 79.9. The Kier molecular flexibility index (Phi) is 3.05. The summed E-state index contributed by atoms with van der Waals surface area (Å²) < 4.78 is 0.358. The van der Waals surface area contributed by atoms with Gasteiger partial charge in [-0.2, -0.15) is 0 Å². The van der Waals surface area contributed by atoms with Gasteiger partial charge in [-0.15, -0.1) is 0 Å². The number of halogens is 2. The molecule has 1 aliphatic rings. The van der Waals surface area contributed by atoms with Gasteiger partial charge in [-0.05, 0) is 43.5 Å². The molecule has 0 fully saturated rings. The minimum absolute atomic E-state index is 0.109. The van der Waals surface area contributed by atoms with E-state index in [0.29, 0.717) is 5.56 Å². The summed E-state index contributed by atoms with van der Waals surface area (Å²) in [6.45, 7) is -0.218. The van der Waals surface area contributed by atoms with Crippen LogP contribution in [0.25, 0.3) is 0 Å². The van der Waals surface area contributed by atoms with E-state index in [0.717, 1.165) is 0 Å². The van der Waals surface area contributed by atoms with Crippen LogP contribution in [0.5, 0.6) is 0 Å². The second kappa shape index (κ2) is 4.20. The number of carbonyl (C=O) groups excluding carboxylic acids is 2. The third-order valence-corrected chi connectivity index (χ3v) is 4.22. The van der Waals surface area contributed by atoms with Gasteiger partial charge in [0.05, 0.1) is 21.1 Å². The topological polar surface area (TPSA) is 67.3 Å². The maximum absolute atomic E-state index is 11.8. The van der Waals surface area contributed by atoms with Crippen molar-refractivity contribution >= 4 is 43.4 Å². The number of rotatable bonds is 1. The first-order valence-corrected chi connectivity index (χ1v) is 5.89. The van der Waals surface area contributed by atoms with Gasteiger partial charge in [-0.1, -0.05) is 0 Å². The van der Waals surface area contributed by atoms with E-state index in [9.17, 15) is 9.59 Å². The highest BCUT2D eigenvalue weighted by Crippen LogP contribution is 2.31. The Hall–Kier alpha value is -0.850. The van der Waals surface area contributed by atoms with Crippen molar-refractivity contribution in [3.8, 4) is 0 Å². The van der Waals surface area contributed by atoms with Crippen LogP contribution in [0.2, 0.25) is 0 Å². The Morgan fingerprint density at radius 1 is 1.19 bits per heavy atom. The highest BCUT2D eigenvalue weighted by Gasteiger charge is 2.31. The van der Waals surface area contributed by atoms with E-state index in [4.69, 9.17) is 5.11 Å². The van der Waals surface area contributed by atoms with Crippen LogP contribution in [0.4, 0.5) is 0 Å². The summed E-state index contributed by atoms with van der Waals surface area (Å²) in [5.41, 5.74) is 0.821. The molecule has 0 aromatic carbocycles. The molecular weight excluding hydrogens is 342 g/mol. The zero-order valence-corrected chi connectivity index (χ0v) is 11.0. The van der Waals surface area contributed by atoms with Crippen LogP contribution < -0.4 is 0 Å². The van der Waals surface area contributed by atoms with E-state index >= 15 is 0 Å². The molecule has 0 bridgehead atoms. The molecule has 0 spiro atoms. The van der Waals surface area contributed by atoms with Crippen LogP contribution in [-0.4, -0.2) is 21.7 Å². The number of allylic oxidation sites excluding steroid dienone is 2. The van der Waals surface area contributed by atoms with Crippen molar-refractivity contribution in [2.75, 3.05) is 0 Å². The summed E-state index contributed by atoms with van der Waals surface area (Å²) in [5.74, 6) is -0.657. The van der Waals surface area contributed by atoms with E-state index in [1.807, 2.05) is 0 Å². The van der Waals surface area contributed by atoms with Gasteiger partial charge in [0.1, 0.15) is 5.69 Å². The molecule has 1 aromatic rings. The SMILES string of the molecule is O=C1C(Br)=C(Br)C(=O)c2ncc(CO)cc21. The molecule has 0 aliphatic heterocycles. The highest BCUT2D eigenvalue weighted by molar-refractivity contribution is 9.14. The molecule has 0 unspecified atom stereocenters. The number of Topliss-reactive ketones (excluding diaryl/α,β-unsaturated/α-hetero) is 2. The average molecular weight is 347 g/mol. The van der Waals surface area contributed by atoms with E-state index in [1.54, 1.807) is 0 Å². The van der Waals surface area contributed by atoms with Crippen LogP contribution in [0.3, 0.4) is 0 Å². The fourth-order valence-electron chi connectivity index (χ4n) is 1.37. The molecule has 0 saturated carbocycles. The van der Waals surface area contributed by atoms with Gasteiger partial charge in [0.2, 0.25) is 11.6 Å². The van der Waals surface area contributed by atoms with E-state index in [1.165, 1.54) is 12.3 Å². The number of ketones is 2. The molecule has 1 aromatic heterocycles. The molecule has 0 amide bonds. The van der Waals surface area contributed by atoms with Crippen LogP contribution in [0, 0.1) is 0 Å². The lowest BCUT2D eigenvalue weighted by atomic mass is 9.98. The summed E-state index contributed by atoms with van der Waals surface area (Å²) in [5, 5.41) is 8.94. The number of carbonyl (C=O) groups is 2. The van der Waals surface area contributed by atoms with Crippen molar-refractivity contribution in [2.24, 2.45) is 0 Å². The molecule has 1 N–H and O–H groups in total. The maximum atomic E-state index is 11.8. The maximum Gasteiger partial charge on any atom is 0.220 e. The summed E-state index contributed by atoms with van der Waals surface area (Å²) in [6.07, 6.45) is 1.38. The number of pyridine rings is 1. The monoisotopic (exact) mass is 345 g/mol. The summed E-state index contributed by atoms with van der Waals surface area (Å²) in [7, 11) is 0. The molecule has 4 nitrogen and oxygen atoms in total. The molecule has 6 heteroatoms. The van der Waals surface area contributed by atoms with Crippen LogP contribution >= 0.6 is 31.9 Å². The van der Waals surface area contributed by atoms with Crippen LogP contribution in [-0.2, 0) is 6.61 Å². The molecule has 2 rings (SSSR count). The minimum atomic E-state index is -0.342. The fourth-order valence-corrected chi connectivity index (χ4v) is 2.13. The summed E-state index contributed by atoms with van der Waals surface area (Å²) in [6, 6.07) is 1.48. The van der Waals surface area contributed by atoms with Crippen molar-refractivity contribution in [1.82, 2.24) is 4.98 Å². The number of aromatic nitrogens is 1. The van der Waals surface area contributed by atoms with Gasteiger partial charge in [-0.25, -0.2) is 0 Å². The Bertz CT molecular complexity index is 537. The minimum Gasteiger partial charge on any atom is -0.392 e. The quantitative estimate of drug-likeness (QED) is 0.844. The van der Waals surface area contributed by atoms with Crippen molar-refractivity contribution in [3.63, 3.8) is 0 Å². The van der Waals surface area contributed by atoms with Gasteiger partial charge in [0.15, 0.2) is 0 Å². The number of nitrogens with zero attached hydrogens (tertiary/aromatic N) is 1. The number of hydrogen-bond donors (Lipinski definition) is 1. The normalized spacial score (nSPS) is 15.4. The third-order valence-electron chi connectivity index (χ3n) is 2.18. The van der Waals surface area contributed by atoms with Gasteiger partial charge in [0, 0.05) is 6.20 Å². The molecule has 0 saturated heterocycles. The molecule has 16 heavy (non-hydrogen) atoms. The molecule has 0 radical (unpaired) electrons. The van der Waals surface area contributed by atoms with Crippen molar-refractivity contribution in [3.05, 3.63) is 38.0 Å². The summed E-state index contributed by atoms with van der Waals surface area (Å²) >= 11 is 6.09. The largest absolute Gasteiger partial charge is 0.392 e. The molecule has 1 heterocycles. The summed E-state index contributed by atoms with van der Waals surface area (Å²) in [4.78, 5) is 27.5. The molecule has 82 valence electrons. The van der Waals surface area contributed by atoms with Gasteiger partial charge in [0.25, 0.3) is 0 Å². The third kappa shape index (κ3) is 1.66. The number of aliphatic hydroxyl groups is 1. The van der Waals surface area contributed by atoms with Gasteiger partial charge < -0.3 is 5.11 Å². The van der Waals surface area contributed by atoms with Crippen LogP contribution in [0.15, 0.2) is 21.2 Å². The Labute approximate surface area is 108 Å². The van der Waals surface area contributed by atoms with Crippen molar-refractivity contribution in [1.29, 1.82) is 0 Å². The Morgan fingerprint density at radius 2 is 1.81 bits per heavy atom. The average Bonchev–Trinajstić information content (AvgIpc) is 2.33. The number of hydrogen-bond acceptors (Lipinski definition) is 4. The molecule has 0 atom stereocenters. The fraction of sp³-hybridized carbons (Fsp3) is 0.100. The van der Waals surface area contributed by atoms with E-state index < -0.39 is 0 Å². The lowest BCUT2D eigenvalue weighted by molar-refractivity contribution is 0.0985. The zero-order chi connectivity index (χ0) is 11.9. The van der Waals surface area contributed by atoms with Crippen LogP contribution in [0.1, 0.15) is 26.4 Å². The molecular formula is C10H5Br2NO3. The van der Waals surface area contributed by atoms with Crippen molar-refractivity contribution < 1.29 is 14.7 Å². The predicted molar refractivity (Wildman–Crippen MR) is 63.7 cm³/mol. The first kappa shape index (κ1) is 11.6. The van der Waals surface area contributed by atoms with Gasteiger partial charge in [-0.3, -0.25) is 14.6 Å². The van der Waals surface area contributed by atoms with Gasteiger partial charge >= 0.3 is 0 Å². The lowest BCUT2D eigenvalue weighted by Gasteiger charge is -2.13. The zero-order valence-electron chi connectivity index (χ0n) is 7.83. The predicted octanol–water partition coefficient (Wildman–Crippen LogP) is 1.95. The molecule has 1 aliphatic carbocycles. The standard InChI is InChI=1S/C10H5Br2NO3/c11-6-7(12)10(16)8-5(9(6)15)1-4(3-14)2-13-8/h1-2,14H,3H2. The smallest absolute Gasteiger partial charge is 0.220 e. The first-order chi connectivity index (χ1) is 7.56. The van der Waals surface area contributed by atoms with E-state index in [-0.39, 0.29) is 38.4 Å². The second-order valence-corrected chi connectivity index (χ2v) is 4.77. The number of fused-ring (bicyclic) bond motifs is 1. The Balaban J connectivity index is 2.67. The Morgan fingerprint density at radius 3 is 2.44 bits per heavy atom. The first-order valence-electron chi connectivity index (χ1n) is 4.30. The lowest BCUT2D eigenvalue weighted by Crippen LogP contribution is -2.19. The number of aliphatic hydroxyl groups excluding tert-OH is 1. The second-order valence-electron chi connectivity index (χ2n) is 3.18.